The maximum absolute atomic E-state index is 12.2. The Balaban J connectivity index is 4.60. The van der Waals surface area contributed by atoms with Crippen LogP contribution in [-0.2, 0) is 4.74 Å². The molecule has 0 saturated carbocycles. The van der Waals surface area contributed by atoms with E-state index < -0.39 is 37.4 Å². The molecule has 0 aromatic carbocycles. The van der Waals surface area contributed by atoms with Gasteiger partial charge in [-0.2, -0.15) is 22.0 Å². The van der Waals surface area contributed by atoms with Crippen molar-refractivity contribution in [2.75, 3.05) is 0 Å². The predicted molar refractivity (Wildman–Crippen MR) is 32.8 cm³/mol. The first-order valence-corrected chi connectivity index (χ1v) is 3.71. The lowest BCUT2D eigenvalue weighted by Crippen LogP contribution is -2.48. The Morgan fingerprint density at radius 2 is 1.18 bits per heavy atom. The lowest BCUT2D eigenvalue weighted by molar-refractivity contribution is -0.357. The molecule has 0 radical (unpaired) electrons. The minimum absolute atomic E-state index is 2.61. The van der Waals surface area contributed by atoms with E-state index in [-0.39, 0.29) is 0 Å². The van der Waals surface area contributed by atoms with Gasteiger partial charge in [-0.3, -0.25) is 0 Å². The summed E-state index contributed by atoms with van der Waals surface area (Å²) in [5.41, 5.74) is 0. The largest absolute Gasteiger partial charge is 0.459 e. The van der Waals surface area contributed by atoms with Gasteiger partial charge in [-0.25, -0.2) is 22.0 Å². The smallest absolute Gasteiger partial charge is 0.305 e. The molecule has 0 aromatic heterocycles. The lowest BCUT2D eigenvalue weighted by atomic mass is 10.3. The second kappa shape index (κ2) is 5.27. The summed E-state index contributed by atoms with van der Waals surface area (Å²) in [4.78, 5) is 0. The summed E-state index contributed by atoms with van der Waals surface area (Å²) in [5.74, 6) is -6.14. The van der Waals surface area contributed by atoms with Crippen LogP contribution in [0.25, 0.3) is 0 Å². The molecule has 11 heteroatoms. The standard InChI is InChI=1S/C6H4F10O/c7-1(2(8)9)3(10)17-4(11)5(12,13)6(14,15)16/h1-4H. The third-order valence-corrected chi connectivity index (χ3v) is 1.40. The number of alkyl halides is 10. The Kier molecular flexibility index (Phi) is 5.04. The van der Waals surface area contributed by atoms with E-state index in [4.69, 9.17) is 0 Å². The minimum Gasteiger partial charge on any atom is -0.305 e. The zero-order chi connectivity index (χ0) is 14.0. The molecule has 0 rings (SSSR count). The molecule has 0 aliphatic rings. The average molecular weight is 282 g/mol. The van der Waals surface area contributed by atoms with E-state index in [2.05, 4.69) is 4.74 Å². The molecule has 0 aliphatic carbocycles. The highest BCUT2D eigenvalue weighted by Crippen LogP contribution is 2.40. The van der Waals surface area contributed by atoms with Crippen LogP contribution >= 0.6 is 0 Å². The molecule has 1 nitrogen and oxygen atoms in total. The van der Waals surface area contributed by atoms with Crippen molar-refractivity contribution in [3.8, 4) is 0 Å². The molecular weight excluding hydrogens is 278 g/mol. The summed E-state index contributed by atoms with van der Waals surface area (Å²) < 4.78 is 120. The highest BCUT2D eigenvalue weighted by molar-refractivity contribution is 4.80. The first-order valence-electron chi connectivity index (χ1n) is 3.71. The fraction of sp³-hybridized carbons (Fsp3) is 1.00. The van der Waals surface area contributed by atoms with E-state index in [0.717, 1.165) is 0 Å². The van der Waals surface area contributed by atoms with E-state index in [1.807, 2.05) is 0 Å². The van der Waals surface area contributed by atoms with Gasteiger partial charge in [0.2, 0.25) is 12.5 Å². The van der Waals surface area contributed by atoms with Crippen molar-refractivity contribution >= 4 is 0 Å². The minimum atomic E-state index is -6.43. The van der Waals surface area contributed by atoms with Crippen LogP contribution in [0.1, 0.15) is 0 Å². The summed E-state index contributed by atoms with van der Waals surface area (Å²) in [6.45, 7) is 0. The van der Waals surface area contributed by atoms with Crippen LogP contribution in [0, 0.1) is 0 Å². The average Bonchev–Trinajstić information content (AvgIpc) is 2.14. The van der Waals surface area contributed by atoms with Crippen molar-refractivity contribution in [2.24, 2.45) is 0 Å². The molecule has 0 heterocycles. The molecule has 104 valence electrons. The Labute approximate surface area is 87.3 Å². The van der Waals surface area contributed by atoms with E-state index in [9.17, 15) is 43.9 Å². The van der Waals surface area contributed by atoms with Gasteiger partial charge in [-0.1, -0.05) is 0 Å². The lowest BCUT2D eigenvalue weighted by Gasteiger charge is -2.24. The van der Waals surface area contributed by atoms with Gasteiger partial charge in [0, 0.05) is 0 Å². The van der Waals surface area contributed by atoms with Crippen LogP contribution in [0.5, 0.6) is 0 Å². The summed E-state index contributed by atoms with van der Waals surface area (Å²) in [6, 6.07) is 0. The van der Waals surface area contributed by atoms with E-state index in [1.165, 1.54) is 0 Å². The Morgan fingerprint density at radius 3 is 1.47 bits per heavy atom. The fourth-order valence-corrected chi connectivity index (χ4v) is 0.518. The summed E-state index contributed by atoms with van der Waals surface area (Å²) in [6.07, 6.45) is -22.9. The summed E-state index contributed by atoms with van der Waals surface area (Å²) in [7, 11) is 0. The van der Waals surface area contributed by atoms with E-state index in [0.29, 0.717) is 0 Å². The van der Waals surface area contributed by atoms with Crippen LogP contribution in [0.3, 0.4) is 0 Å². The second-order valence-electron chi connectivity index (χ2n) is 2.70. The first-order chi connectivity index (χ1) is 7.41. The van der Waals surface area contributed by atoms with Crippen LogP contribution in [-0.4, -0.2) is 37.4 Å². The zero-order valence-corrected chi connectivity index (χ0v) is 7.50. The molecule has 3 atom stereocenters. The van der Waals surface area contributed by atoms with Gasteiger partial charge in [0.1, 0.15) is 0 Å². The third kappa shape index (κ3) is 3.89. The highest BCUT2D eigenvalue weighted by Gasteiger charge is 2.65. The van der Waals surface area contributed by atoms with Gasteiger partial charge in [0.05, 0.1) is 0 Å². The Hall–Kier alpha value is -0.740. The van der Waals surface area contributed by atoms with Gasteiger partial charge in [-0.05, 0) is 0 Å². The molecule has 0 saturated heterocycles. The van der Waals surface area contributed by atoms with Crippen LogP contribution < -0.4 is 0 Å². The molecular formula is C6H4F10O. The topological polar surface area (TPSA) is 9.23 Å². The van der Waals surface area contributed by atoms with Gasteiger partial charge >= 0.3 is 12.1 Å². The molecule has 0 N–H and O–H groups in total. The molecule has 0 bridgehead atoms. The summed E-state index contributed by atoms with van der Waals surface area (Å²) >= 11 is 0. The Bertz CT molecular complexity index is 237. The predicted octanol–water partition coefficient (Wildman–Crippen LogP) is 3.40. The highest BCUT2D eigenvalue weighted by atomic mass is 19.4. The van der Waals surface area contributed by atoms with Crippen LogP contribution in [0.4, 0.5) is 43.9 Å². The molecule has 0 fully saturated rings. The molecule has 3 unspecified atom stereocenters. The van der Waals surface area contributed by atoms with Gasteiger partial charge in [0.15, 0.2) is 0 Å². The zero-order valence-electron chi connectivity index (χ0n) is 7.50. The maximum atomic E-state index is 12.2. The van der Waals surface area contributed by atoms with Crippen LogP contribution in [0.2, 0.25) is 0 Å². The van der Waals surface area contributed by atoms with Crippen molar-refractivity contribution in [1.29, 1.82) is 0 Å². The molecule has 0 spiro atoms. The third-order valence-electron chi connectivity index (χ3n) is 1.40. The SMILES string of the molecule is FC(F)C(F)C(F)OC(F)C(F)(F)C(F)(F)F. The van der Waals surface area contributed by atoms with Crippen molar-refractivity contribution < 1.29 is 48.6 Å². The van der Waals surface area contributed by atoms with E-state index >= 15 is 0 Å². The monoisotopic (exact) mass is 282 g/mol. The number of halogens is 10. The Morgan fingerprint density at radius 1 is 0.765 bits per heavy atom. The van der Waals surface area contributed by atoms with Gasteiger partial charge in [-0.15, -0.1) is 0 Å². The number of hydrogen-bond donors (Lipinski definition) is 0. The van der Waals surface area contributed by atoms with Crippen LogP contribution in [0.15, 0.2) is 0 Å². The maximum Gasteiger partial charge on any atom is 0.459 e. The number of ether oxygens (including phenoxy) is 1. The number of rotatable bonds is 5. The quantitative estimate of drug-likeness (QED) is 0.702. The molecule has 0 aliphatic heterocycles. The molecule has 0 amide bonds. The first kappa shape index (κ1) is 16.3. The number of hydrogen-bond acceptors (Lipinski definition) is 1. The summed E-state index contributed by atoms with van der Waals surface area (Å²) in [5, 5.41) is 0. The fourth-order valence-electron chi connectivity index (χ4n) is 0.518. The van der Waals surface area contributed by atoms with Crippen molar-refractivity contribution in [3.05, 3.63) is 0 Å². The second-order valence-corrected chi connectivity index (χ2v) is 2.70. The molecule has 0 aromatic rings. The normalized spacial score (nSPS) is 19.2. The van der Waals surface area contributed by atoms with Gasteiger partial charge < -0.3 is 4.74 Å². The van der Waals surface area contributed by atoms with Gasteiger partial charge in [0.25, 0.3) is 12.8 Å². The van der Waals surface area contributed by atoms with Crippen molar-refractivity contribution in [1.82, 2.24) is 0 Å². The van der Waals surface area contributed by atoms with E-state index in [1.54, 1.807) is 0 Å². The van der Waals surface area contributed by atoms with Crippen molar-refractivity contribution in [3.63, 3.8) is 0 Å². The van der Waals surface area contributed by atoms with Crippen molar-refractivity contribution in [2.45, 2.75) is 37.4 Å². The molecule has 17 heavy (non-hydrogen) atoms.